The van der Waals surface area contributed by atoms with Crippen LogP contribution >= 0.6 is 23.2 Å². The first kappa shape index (κ1) is 15.0. The van der Waals surface area contributed by atoms with Crippen molar-refractivity contribution in [2.24, 2.45) is 0 Å². The van der Waals surface area contributed by atoms with E-state index in [0.29, 0.717) is 0 Å². The number of rotatable bonds is 3. The molecular weight excluding hydrogens is 287 g/mol. The number of hydrogen-bond donors (Lipinski definition) is 1. The average molecular weight is 299 g/mol. The summed E-state index contributed by atoms with van der Waals surface area (Å²) in [6.45, 7) is 2.20. The van der Waals surface area contributed by atoms with Gasteiger partial charge in [-0.3, -0.25) is 9.59 Å². The van der Waals surface area contributed by atoms with Crippen LogP contribution < -0.4 is 0 Å². The first-order chi connectivity index (χ1) is 8.13. The molecular formula is C10H12Cl2O6. The predicted molar refractivity (Wildman–Crippen MR) is 61.4 cm³/mol. The summed E-state index contributed by atoms with van der Waals surface area (Å²) in [7, 11) is 0. The Bertz CT molecular complexity index is 394. The van der Waals surface area contributed by atoms with Gasteiger partial charge in [-0.25, -0.2) is 4.79 Å². The van der Waals surface area contributed by atoms with Crippen molar-refractivity contribution in [3.8, 4) is 0 Å². The molecule has 102 valence electrons. The van der Waals surface area contributed by atoms with Crippen molar-refractivity contribution in [3.63, 3.8) is 0 Å². The zero-order valence-electron chi connectivity index (χ0n) is 9.74. The lowest BCUT2D eigenvalue weighted by atomic mass is 10.0. The molecule has 0 aromatic heterocycles. The maximum absolute atomic E-state index is 11.3. The van der Waals surface area contributed by atoms with E-state index in [-0.39, 0.29) is 12.8 Å². The van der Waals surface area contributed by atoms with E-state index in [4.69, 9.17) is 32.7 Å². The molecule has 1 rings (SSSR count). The third-order valence-electron chi connectivity index (χ3n) is 2.67. The molecule has 1 N–H and O–H groups in total. The van der Waals surface area contributed by atoms with Gasteiger partial charge in [0.05, 0.1) is 0 Å². The monoisotopic (exact) mass is 298 g/mol. The molecule has 0 aromatic rings. The smallest absolute Gasteiger partial charge is 0.351 e. The zero-order chi connectivity index (χ0) is 14.1. The Morgan fingerprint density at radius 2 is 1.78 bits per heavy atom. The van der Waals surface area contributed by atoms with Gasteiger partial charge in [-0.2, -0.15) is 0 Å². The molecule has 6 nitrogen and oxygen atoms in total. The van der Waals surface area contributed by atoms with Crippen LogP contribution in [0.3, 0.4) is 0 Å². The van der Waals surface area contributed by atoms with Gasteiger partial charge in [-0.05, 0) is 6.42 Å². The largest absolute Gasteiger partial charge is 0.478 e. The number of hydrogen-bond acceptors (Lipinski definition) is 5. The van der Waals surface area contributed by atoms with E-state index in [1.54, 1.807) is 0 Å². The molecule has 0 amide bonds. The molecule has 0 aliphatic heterocycles. The van der Waals surface area contributed by atoms with E-state index in [1.807, 2.05) is 0 Å². The topological polar surface area (TPSA) is 89.9 Å². The Morgan fingerprint density at radius 3 is 2.17 bits per heavy atom. The van der Waals surface area contributed by atoms with Gasteiger partial charge in [0, 0.05) is 20.3 Å². The second-order valence-electron chi connectivity index (χ2n) is 3.99. The minimum absolute atomic E-state index is 0.0894. The summed E-state index contributed by atoms with van der Waals surface area (Å²) in [5.41, 5.74) is -2.11. The second-order valence-corrected chi connectivity index (χ2v) is 5.37. The number of alkyl halides is 2. The van der Waals surface area contributed by atoms with Gasteiger partial charge in [-0.1, -0.05) is 23.2 Å². The maximum Gasteiger partial charge on any atom is 0.351 e. The summed E-state index contributed by atoms with van der Waals surface area (Å²) in [5.74, 6) is -2.95. The molecule has 0 bridgehead atoms. The fraction of sp³-hybridized carbons (Fsp3) is 0.700. The molecule has 1 aliphatic rings. The predicted octanol–water partition coefficient (Wildman–Crippen LogP) is 1.27. The van der Waals surface area contributed by atoms with E-state index >= 15 is 0 Å². The third-order valence-corrected chi connectivity index (χ3v) is 3.77. The lowest BCUT2D eigenvalue weighted by molar-refractivity contribution is -0.179. The Balaban J connectivity index is 3.10. The SMILES string of the molecule is CC(=O)O[C@@H]1CC[C@](OC(C)=O)(C(=O)O)C1(Cl)Cl. The van der Waals surface area contributed by atoms with Gasteiger partial charge >= 0.3 is 17.9 Å². The maximum atomic E-state index is 11.3. The van der Waals surface area contributed by atoms with Crippen molar-refractivity contribution in [2.75, 3.05) is 0 Å². The molecule has 0 aromatic carbocycles. The van der Waals surface area contributed by atoms with E-state index in [0.717, 1.165) is 13.8 Å². The normalized spacial score (nSPS) is 29.7. The highest BCUT2D eigenvalue weighted by atomic mass is 35.5. The average Bonchev–Trinajstić information content (AvgIpc) is 2.41. The van der Waals surface area contributed by atoms with Crippen LogP contribution in [-0.2, 0) is 23.9 Å². The number of carboxylic acids is 1. The lowest BCUT2D eigenvalue weighted by Gasteiger charge is -2.34. The van der Waals surface area contributed by atoms with Crippen LogP contribution in [0.1, 0.15) is 26.7 Å². The van der Waals surface area contributed by atoms with Crippen molar-refractivity contribution in [1.29, 1.82) is 0 Å². The molecule has 0 spiro atoms. The van der Waals surface area contributed by atoms with Gasteiger partial charge in [0.2, 0.25) is 9.93 Å². The number of carbonyl (C=O) groups is 3. The summed E-state index contributed by atoms with van der Waals surface area (Å²) in [6.07, 6.45) is -1.09. The van der Waals surface area contributed by atoms with Crippen molar-refractivity contribution in [1.82, 2.24) is 0 Å². The third kappa shape index (κ3) is 2.40. The zero-order valence-corrected chi connectivity index (χ0v) is 11.2. The van der Waals surface area contributed by atoms with Crippen molar-refractivity contribution in [2.45, 2.75) is 42.7 Å². The fourth-order valence-electron chi connectivity index (χ4n) is 1.93. The molecule has 0 heterocycles. The Kier molecular flexibility index (Phi) is 4.12. The minimum Gasteiger partial charge on any atom is -0.478 e. The molecule has 0 saturated heterocycles. The van der Waals surface area contributed by atoms with E-state index in [9.17, 15) is 19.5 Å². The summed E-state index contributed by atoms with van der Waals surface area (Å²) in [4.78, 5) is 33.2. The molecule has 0 radical (unpaired) electrons. The number of carboxylic acid groups (broad SMARTS) is 1. The van der Waals surface area contributed by atoms with Gasteiger partial charge in [0.15, 0.2) is 0 Å². The number of esters is 2. The molecule has 0 unspecified atom stereocenters. The fourth-order valence-corrected chi connectivity index (χ4v) is 2.67. The van der Waals surface area contributed by atoms with Gasteiger partial charge in [0.1, 0.15) is 6.10 Å². The Morgan fingerprint density at radius 1 is 1.22 bits per heavy atom. The van der Waals surface area contributed by atoms with E-state index in [1.165, 1.54) is 0 Å². The first-order valence-corrected chi connectivity index (χ1v) is 5.87. The summed E-state index contributed by atoms with van der Waals surface area (Å²) >= 11 is 11.9. The Hall–Kier alpha value is -1.01. The van der Waals surface area contributed by atoms with Crippen LogP contribution in [0.15, 0.2) is 0 Å². The van der Waals surface area contributed by atoms with Crippen LogP contribution in [0.4, 0.5) is 0 Å². The molecule has 2 atom stereocenters. The first-order valence-electron chi connectivity index (χ1n) is 5.11. The highest BCUT2D eigenvalue weighted by molar-refractivity contribution is 6.51. The molecule has 1 aliphatic carbocycles. The number of halogens is 2. The molecule has 1 fully saturated rings. The van der Waals surface area contributed by atoms with Crippen LogP contribution in [0.25, 0.3) is 0 Å². The van der Waals surface area contributed by atoms with E-state index in [2.05, 4.69) is 0 Å². The number of carbonyl (C=O) groups excluding carboxylic acids is 2. The minimum atomic E-state index is -2.11. The van der Waals surface area contributed by atoms with Crippen molar-refractivity contribution >= 4 is 41.1 Å². The van der Waals surface area contributed by atoms with Gasteiger partial charge < -0.3 is 14.6 Å². The second kappa shape index (κ2) is 4.93. The van der Waals surface area contributed by atoms with Crippen molar-refractivity contribution < 1.29 is 29.0 Å². The number of ether oxygens (including phenoxy) is 2. The van der Waals surface area contributed by atoms with Crippen LogP contribution in [0.2, 0.25) is 0 Å². The summed E-state index contributed by atoms with van der Waals surface area (Å²) < 4.78 is 7.62. The summed E-state index contributed by atoms with van der Waals surface area (Å²) in [5, 5.41) is 9.21. The molecule has 8 heteroatoms. The van der Waals surface area contributed by atoms with Gasteiger partial charge in [0.25, 0.3) is 0 Å². The number of aliphatic carboxylic acids is 1. The van der Waals surface area contributed by atoms with E-state index < -0.39 is 33.9 Å². The highest BCUT2D eigenvalue weighted by Gasteiger charge is 2.68. The van der Waals surface area contributed by atoms with Crippen molar-refractivity contribution in [3.05, 3.63) is 0 Å². The van der Waals surface area contributed by atoms with Gasteiger partial charge in [-0.15, -0.1) is 0 Å². The quantitative estimate of drug-likeness (QED) is 0.623. The van der Waals surface area contributed by atoms with Crippen LogP contribution in [0, 0.1) is 0 Å². The molecule has 18 heavy (non-hydrogen) atoms. The Labute approximate surface area is 113 Å². The summed E-state index contributed by atoms with van der Waals surface area (Å²) in [6, 6.07) is 0. The van der Waals surface area contributed by atoms with Crippen LogP contribution in [0.5, 0.6) is 0 Å². The molecule has 1 saturated carbocycles. The lowest BCUT2D eigenvalue weighted by Crippen LogP contribution is -2.56. The highest BCUT2D eigenvalue weighted by Crippen LogP contribution is 2.51. The standard InChI is InChI=1S/C10H12Cl2O6/c1-5(13)17-7-3-4-9(8(15)16,10(7,11)12)18-6(2)14/h7H,3-4H2,1-2H3,(H,15,16)/t7-,9+/m1/s1. The van der Waals surface area contributed by atoms with Crippen LogP contribution in [-0.4, -0.2) is 39.1 Å².